The molecule has 0 aliphatic heterocycles. The molecule has 2 N–H and O–H groups in total. The fraction of sp³-hybridized carbons (Fsp3) is 0.429. The fourth-order valence-corrected chi connectivity index (χ4v) is 2.33. The number of benzene rings is 1. The largest absolute Gasteiger partial charge is 0.380 e. The minimum Gasteiger partial charge on any atom is -0.380 e. The fourth-order valence-electron chi connectivity index (χ4n) is 2.33. The van der Waals surface area contributed by atoms with E-state index in [0.29, 0.717) is 18.3 Å². The molecule has 1 aliphatic carbocycles. The summed E-state index contributed by atoms with van der Waals surface area (Å²) >= 11 is 0. The molecule has 5 nitrogen and oxygen atoms in total. The molecule has 19 heavy (non-hydrogen) atoms. The van der Waals surface area contributed by atoms with Gasteiger partial charge in [0, 0.05) is 12.7 Å². The highest BCUT2D eigenvalue weighted by Gasteiger charge is 2.39. The predicted octanol–water partition coefficient (Wildman–Crippen LogP) is 2.22. The maximum atomic E-state index is 6.20. The molecule has 0 unspecified atom stereocenters. The lowest BCUT2D eigenvalue weighted by molar-refractivity contribution is 0.185. The first-order valence-corrected chi connectivity index (χ1v) is 6.43. The lowest BCUT2D eigenvalue weighted by Crippen LogP contribution is -2.44. The van der Waals surface area contributed by atoms with E-state index in [1.165, 1.54) is 0 Å². The van der Waals surface area contributed by atoms with Crippen molar-refractivity contribution in [3.63, 3.8) is 0 Å². The molecule has 0 radical (unpaired) electrons. The quantitative estimate of drug-likeness (QED) is 0.911. The van der Waals surface area contributed by atoms with E-state index in [2.05, 4.69) is 10.1 Å². The van der Waals surface area contributed by atoms with Gasteiger partial charge in [0.25, 0.3) is 5.89 Å². The van der Waals surface area contributed by atoms with Gasteiger partial charge in [-0.15, -0.1) is 0 Å². The molecule has 1 aliphatic rings. The van der Waals surface area contributed by atoms with Crippen LogP contribution in [0.1, 0.15) is 30.7 Å². The molecule has 1 saturated carbocycles. The molecule has 100 valence electrons. The number of nitrogens with two attached hydrogens (primary N) is 1. The van der Waals surface area contributed by atoms with Crippen LogP contribution < -0.4 is 5.73 Å². The van der Waals surface area contributed by atoms with Gasteiger partial charge in [-0.2, -0.15) is 4.98 Å². The van der Waals surface area contributed by atoms with E-state index in [9.17, 15) is 0 Å². The first-order valence-electron chi connectivity index (χ1n) is 6.43. The van der Waals surface area contributed by atoms with Crippen LogP contribution in [0.3, 0.4) is 0 Å². The Hall–Kier alpha value is -1.72. The van der Waals surface area contributed by atoms with Crippen molar-refractivity contribution in [3.05, 3.63) is 35.7 Å². The highest BCUT2D eigenvalue weighted by atomic mass is 16.5. The zero-order valence-corrected chi connectivity index (χ0v) is 10.9. The summed E-state index contributed by atoms with van der Waals surface area (Å²) in [6.07, 6.45) is 2.97. The maximum absolute atomic E-state index is 6.20. The van der Waals surface area contributed by atoms with Gasteiger partial charge in [0.15, 0.2) is 5.82 Å². The Bertz CT molecular complexity index is 576. The Labute approximate surface area is 111 Å². The van der Waals surface area contributed by atoms with Crippen molar-refractivity contribution in [2.45, 2.75) is 31.4 Å². The Morgan fingerprint density at radius 2 is 2.16 bits per heavy atom. The summed E-state index contributed by atoms with van der Waals surface area (Å²) < 4.78 is 10.5. The monoisotopic (exact) mass is 259 g/mol. The minimum absolute atomic E-state index is 0.391. The second-order valence-electron chi connectivity index (χ2n) is 5.02. The van der Waals surface area contributed by atoms with Crippen LogP contribution in [0, 0.1) is 0 Å². The molecule has 5 heteroatoms. The standard InChI is InChI=1S/C14H17N3O2/c1-18-9-10-5-2-3-6-11(10)12-16-13(17-19-12)14(15)7-4-8-14/h2-3,5-6H,4,7-9,15H2,1H3. The van der Waals surface area contributed by atoms with Crippen LogP contribution >= 0.6 is 0 Å². The molecule has 2 aromatic rings. The van der Waals surface area contributed by atoms with Crippen LogP contribution in [0.15, 0.2) is 28.8 Å². The Morgan fingerprint density at radius 3 is 2.84 bits per heavy atom. The second kappa shape index (κ2) is 4.75. The number of ether oxygens (including phenoxy) is 1. The molecule has 0 spiro atoms. The molecule has 0 atom stereocenters. The predicted molar refractivity (Wildman–Crippen MR) is 70.2 cm³/mol. The zero-order valence-electron chi connectivity index (χ0n) is 10.9. The number of hydrogen-bond acceptors (Lipinski definition) is 5. The molecular formula is C14H17N3O2. The molecule has 0 saturated heterocycles. The van der Waals surface area contributed by atoms with Crippen molar-refractivity contribution < 1.29 is 9.26 Å². The molecule has 1 fully saturated rings. The van der Waals surface area contributed by atoms with E-state index in [-0.39, 0.29) is 0 Å². The summed E-state index contributed by atoms with van der Waals surface area (Å²) in [4.78, 5) is 4.46. The average Bonchev–Trinajstić information content (AvgIpc) is 2.87. The van der Waals surface area contributed by atoms with E-state index in [0.717, 1.165) is 30.4 Å². The first-order chi connectivity index (χ1) is 9.23. The molecule has 1 aromatic carbocycles. The van der Waals surface area contributed by atoms with Crippen molar-refractivity contribution in [1.29, 1.82) is 0 Å². The third-order valence-electron chi connectivity index (χ3n) is 3.66. The van der Waals surface area contributed by atoms with E-state index in [4.69, 9.17) is 15.0 Å². The van der Waals surface area contributed by atoms with Gasteiger partial charge in [-0.05, 0) is 30.9 Å². The third-order valence-corrected chi connectivity index (χ3v) is 3.66. The van der Waals surface area contributed by atoms with E-state index in [1.54, 1.807) is 7.11 Å². The van der Waals surface area contributed by atoms with Gasteiger partial charge in [0.05, 0.1) is 12.1 Å². The summed E-state index contributed by atoms with van der Waals surface area (Å²) in [6, 6.07) is 7.85. The van der Waals surface area contributed by atoms with Crippen molar-refractivity contribution in [2.75, 3.05) is 7.11 Å². The summed E-state index contributed by atoms with van der Waals surface area (Å²) in [6.45, 7) is 0.516. The van der Waals surface area contributed by atoms with Crippen LogP contribution in [-0.2, 0) is 16.9 Å². The van der Waals surface area contributed by atoms with Crippen molar-refractivity contribution >= 4 is 0 Å². The lowest BCUT2D eigenvalue weighted by atomic mass is 9.77. The second-order valence-corrected chi connectivity index (χ2v) is 5.02. The SMILES string of the molecule is COCc1ccccc1-c1nc(C2(N)CCC2)no1. The minimum atomic E-state index is -0.391. The topological polar surface area (TPSA) is 74.2 Å². The van der Waals surface area contributed by atoms with Gasteiger partial charge in [0.1, 0.15) is 0 Å². The third kappa shape index (κ3) is 2.15. The molecule has 0 amide bonds. The summed E-state index contributed by atoms with van der Waals surface area (Å²) in [5.74, 6) is 1.13. The van der Waals surface area contributed by atoms with Crippen LogP contribution in [0.2, 0.25) is 0 Å². The Kier molecular flexibility index (Phi) is 3.08. The smallest absolute Gasteiger partial charge is 0.258 e. The van der Waals surface area contributed by atoms with E-state index < -0.39 is 5.54 Å². The van der Waals surface area contributed by atoms with Crippen molar-refractivity contribution in [3.8, 4) is 11.5 Å². The zero-order chi connectivity index (χ0) is 13.3. The number of aromatic nitrogens is 2. The highest BCUT2D eigenvalue weighted by molar-refractivity contribution is 5.58. The highest BCUT2D eigenvalue weighted by Crippen LogP contribution is 2.37. The van der Waals surface area contributed by atoms with Gasteiger partial charge >= 0.3 is 0 Å². The summed E-state index contributed by atoms with van der Waals surface area (Å²) in [5, 5.41) is 4.04. The van der Waals surface area contributed by atoms with Crippen molar-refractivity contribution in [2.24, 2.45) is 5.73 Å². The van der Waals surface area contributed by atoms with Crippen LogP contribution in [0.4, 0.5) is 0 Å². The maximum Gasteiger partial charge on any atom is 0.258 e. The molecule has 0 bridgehead atoms. The normalized spacial score (nSPS) is 17.2. The molecule has 1 heterocycles. The van der Waals surface area contributed by atoms with Crippen LogP contribution in [-0.4, -0.2) is 17.3 Å². The van der Waals surface area contributed by atoms with Gasteiger partial charge in [-0.25, -0.2) is 0 Å². The summed E-state index contributed by atoms with van der Waals surface area (Å²) in [5.41, 5.74) is 7.75. The molecule has 1 aromatic heterocycles. The number of hydrogen-bond donors (Lipinski definition) is 1. The molecule has 3 rings (SSSR count). The number of rotatable bonds is 4. The first kappa shape index (κ1) is 12.3. The van der Waals surface area contributed by atoms with E-state index >= 15 is 0 Å². The van der Waals surface area contributed by atoms with Crippen LogP contribution in [0.5, 0.6) is 0 Å². The van der Waals surface area contributed by atoms with Crippen LogP contribution in [0.25, 0.3) is 11.5 Å². The Balaban J connectivity index is 1.94. The van der Waals surface area contributed by atoms with Gasteiger partial charge in [0.2, 0.25) is 0 Å². The number of methoxy groups -OCH3 is 1. The van der Waals surface area contributed by atoms with Gasteiger partial charge in [-0.1, -0.05) is 23.4 Å². The summed E-state index contributed by atoms with van der Waals surface area (Å²) in [7, 11) is 1.67. The van der Waals surface area contributed by atoms with Gasteiger partial charge in [-0.3, -0.25) is 0 Å². The average molecular weight is 259 g/mol. The Morgan fingerprint density at radius 1 is 1.37 bits per heavy atom. The van der Waals surface area contributed by atoms with E-state index in [1.807, 2.05) is 24.3 Å². The number of nitrogens with zero attached hydrogens (tertiary/aromatic N) is 2. The van der Waals surface area contributed by atoms with Gasteiger partial charge < -0.3 is 15.0 Å². The lowest BCUT2D eigenvalue weighted by Gasteiger charge is -2.34. The molecular weight excluding hydrogens is 242 g/mol. The van der Waals surface area contributed by atoms with Crippen molar-refractivity contribution in [1.82, 2.24) is 10.1 Å².